The van der Waals surface area contributed by atoms with E-state index in [-0.39, 0.29) is 23.3 Å². The fourth-order valence-electron chi connectivity index (χ4n) is 7.38. The molecule has 1 aromatic rings. The number of hydrogen-bond acceptors (Lipinski definition) is 3. The molecule has 5 aliphatic rings. The van der Waals surface area contributed by atoms with E-state index in [1.54, 1.807) is 0 Å². The van der Waals surface area contributed by atoms with Gasteiger partial charge in [0.25, 0.3) is 0 Å². The summed E-state index contributed by atoms with van der Waals surface area (Å²) in [5, 5.41) is 3.18. The van der Waals surface area contributed by atoms with Crippen LogP contribution in [0.4, 0.5) is 5.69 Å². The maximum absolute atomic E-state index is 13.4. The Kier molecular flexibility index (Phi) is 2.24. The van der Waals surface area contributed by atoms with Gasteiger partial charge < -0.3 is 15.0 Å². The molecule has 1 N–H and O–H groups in total. The van der Waals surface area contributed by atoms with E-state index in [2.05, 4.69) is 42.1 Å². The lowest BCUT2D eigenvalue weighted by molar-refractivity contribution is -0.153. The molecule has 3 unspecified atom stereocenters. The fraction of sp³-hybridized carbons (Fsp3) is 0.550. The maximum atomic E-state index is 13.4. The van der Waals surface area contributed by atoms with Gasteiger partial charge in [-0.1, -0.05) is 24.3 Å². The van der Waals surface area contributed by atoms with Crippen LogP contribution in [0, 0.1) is 23.2 Å². The van der Waals surface area contributed by atoms with Crippen LogP contribution in [-0.4, -0.2) is 43.2 Å². The summed E-state index contributed by atoms with van der Waals surface area (Å²) in [6, 6.07) is 8.64. The van der Waals surface area contributed by atoms with Gasteiger partial charge >= 0.3 is 0 Å². The SMILES string of the molecule is C=C[C@]12CN(C)[C@H]3C4COC(CC41)[C@]1(C(=O)Nc4ccccc41)[C@@H]32. The highest BCUT2D eigenvalue weighted by atomic mass is 16.5. The lowest BCUT2D eigenvalue weighted by Crippen LogP contribution is -2.62. The number of amides is 1. The zero-order valence-corrected chi connectivity index (χ0v) is 13.9. The molecule has 2 aliphatic carbocycles. The van der Waals surface area contributed by atoms with E-state index in [0.717, 1.165) is 30.8 Å². The first kappa shape index (κ1) is 13.6. The van der Waals surface area contributed by atoms with Crippen molar-refractivity contribution in [1.29, 1.82) is 0 Å². The number of carbonyl (C=O) groups excluding carboxylic acids is 1. The molecule has 3 aliphatic heterocycles. The molecular weight excluding hydrogens is 300 g/mol. The van der Waals surface area contributed by atoms with Gasteiger partial charge in [0.1, 0.15) is 5.41 Å². The molecule has 4 nitrogen and oxygen atoms in total. The van der Waals surface area contributed by atoms with E-state index in [1.165, 1.54) is 0 Å². The summed E-state index contributed by atoms with van der Waals surface area (Å²) in [5.74, 6) is 1.56. The van der Waals surface area contributed by atoms with Crippen molar-refractivity contribution in [3.8, 4) is 0 Å². The molecule has 7 atom stereocenters. The summed E-state index contributed by atoms with van der Waals surface area (Å²) in [6.45, 7) is 6.06. The molecule has 4 heteroatoms. The predicted molar refractivity (Wildman–Crippen MR) is 90.6 cm³/mol. The monoisotopic (exact) mass is 322 g/mol. The molecule has 124 valence electrons. The number of fused-ring (bicyclic) bond motifs is 5. The van der Waals surface area contributed by atoms with Crippen LogP contribution in [-0.2, 0) is 14.9 Å². The Morgan fingerprint density at radius 1 is 1.42 bits per heavy atom. The maximum Gasteiger partial charge on any atom is 0.238 e. The summed E-state index contributed by atoms with van der Waals surface area (Å²) >= 11 is 0. The summed E-state index contributed by atoms with van der Waals surface area (Å²) in [5.41, 5.74) is 1.61. The van der Waals surface area contributed by atoms with Gasteiger partial charge in [-0.05, 0) is 31.0 Å². The fourth-order valence-corrected chi connectivity index (χ4v) is 7.38. The van der Waals surface area contributed by atoms with Gasteiger partial charge in [-0.25, -0.2) is 0 Å². The number of rotatable bonds is 1. The van der Waals surface area contributed by atoms with E-state index < -0.39 is 5.41 Å². The lowest BCUT2D eigenvalue weighted by atomic mass is 9.51. The highest BCUT2D eigenvalue weighted by Crippen LogP contribution is 2.73. The van der Waals surface area contributed by atoms with Gasteiger partial charge in [-0.3, -0.25) is 4.79 Å². The van der Waals surface area contributed by atoms with E-state index in [1.807, 2.05) is 12.1 Å². The molecule has 5 bridgehead atoms. The molecule has 1 aromatic carbocycles. The third-order valence-electron chi connectivity index (χ3n) is 7.93. The van der Waals surface area contributed by atoms with Gasteiger partial charge in [0, 0.05) is 35.5 Å². The second-order valence-corrected chi connectivity index (χ2v) is 8.40. The van der Waals surface area contributed by atoms with Crippen LogP contribution >= 0.6 is 0 Å². The Balaban J connectivity index is 1.69. The molecule has 3 heterocycles. The Morgan fingerprint density at radius 2 is 2.25 bits per heavy atom. The molecule has 2 saturated carbocycles. The Morgan fingerprint density at radius 3 is 3.08 bits per heavy atom. The summed E-state index contributed by atoms with van der Waals surface area (Å²) in [6.07, 6.45) is 3.17. The third-order valence-corrected chi connectivity index (χ3v) is 7.93. The van der Waals surface area contributed by atoms with Crippen LogP contribution in [0.2, 0.25) is 0 Å². The summed E-state index contributed by atoms with van der Waals surface area (Å²) in [7, 11) is 2.21. The quantitative estimate of drug-likeness (QED) is 0.805. The molecule has 4 fully saturated rings. The topological polar surface area (TPSA) is 41.6 Å². The van der Waals surface area contributed by atoms with Crippen LogP contribution in [0.5, 0.6) is 0 Å². The van der Waals surface area contributed by atoms with E-state index in [0.29, 0.717) is 17.9 Å². The van der Waals surface area contributed by atoms with E-state index in [9.17, 15) is 4.79 Å². The minimum Gasteiger partial charge on any atom is -0.376 e. The van der Waals surface area contributed by atoms with Crippen molar-refractivity contribution >= 4 is 11.6 Å². The molecule has 24 heavy (non-hydrogen) atoms. The summed E-state index contributed by atoms with van der Waals surface area (Å²) in [4.78, 5) is 15.9. The van der Waals surface area contributed by atoms with Crippen molar-refractivity contribution in [1.82, 2.24) is 4.90 Å². The highest BCUT2D eigenvalue weighted by Gasteiger charge is 2.79. The van der Waals surface area contributed by atoms with Crippen molar-refractivity contribution in [3.63, 3.8) is 0 Å². The smallest absolute Gasteiger partial charge is 0.238 e. The average Bonchev–Trinajstić information content (AvgIpc) is 3.08. The molecule has 0 radical (unpaired) electrons. The van der Waals surface area contributed by atoms with E-state index >= 15 is 0 Å². The average molecular weight is 322 g/mol. The van der Waals surface area contributed by atoms with Crippen LogP contribution < -0.4 is 5.32 Å². The van der Waals surface area contributed by atoms with Crippen LogP contribution in [0.25, 0.3) is 0 Å². The Hall–Kier alpha value is -1.65. The standard InChI is InChI=1S/C20H22N2O2/c1-3-19-10-22(2)16-11-9-24-15(8-13(11)19)20(17(16)19)12-6-4-5-7-14(12)21-18(20)23/h3-7,11,13,15-17H,1,8-10H2,2H3,(H,21,23)/t11?,13?,15?,16-,17-,19-,20-/m0/s1. The predicted octanol–water partition coefficient (Wildman–Crippen LogP) is 2.03. The van der Waals surface area contributed by atoms with Crippen molar-refractivity contribution in [2.75, 3.05) is 25.5 Å². The van der Waals surface area contributed by atoms with Crippen LogP contribution in [0.15, 0.2) is 36.9 Å². The number of hydrogen-bond donors (Lipinski definition) is 1. The van der Waals surface area contributed by atoms with Gasteiger partial charge in [-0.2, -0.15) is 0 Å². The van der Waals surface area contributed by atoms with Gasteiger partial charge in [0.2, 0.25) is 5.91 Å². The largest absolute Gasteiger partial charge is 0.376 e. The molecule has 6 rings (SSSR count). The third kappa shape index (κ3) is 1.12. The minimum absolute atomic E-state index is 0.00280. The van der Waals surface area contributed by atoms with Crippen molar-refractivity contribution in [3.05, 3.63) is 42.5 Å². The van der Waals surface area contributed by atoms with Crippen molar-refractivity contribution in [2.45, 2.75) is 24.0 Å². The molecule has 1 spiro atoms. The normalized spacial score (nSPS) is 50.4. The second kappa shape index (κ2) is 3.94. The van der Waals surface area contributed by atoms with Crippen molar-refractivity contribution < 1.29 is 9.53 Å². The molecular formula is C20H22N2O2. The number of carbonyl (C=O) groups is 1. The number of piperidine rings is 1. The zero-order valence-electron chi connectivity index (χ0n) is 13.9. The lowest BCUT2D eigenvalue weighted by Gasteiger charge is -2.54. The first-order valence-electron chi connectivity index (χ1n) is 9.01. The number of anilines is 1. The molecule has 2 saturated heterocycles. The van der Waals surface area contributed by atoms with E-state index in [4.69, 9.17) is 4.74 Å². The number of nitrogens with one attached hydrogen (secondary N) is 1. The Labute approximate surface area is 141 Å². The number of nitrogens with zero attached hydrogens (tertiary/aromatic N) is 1. The first-order chi connectivity index (χ1) is 11.6. The number of para-hydroxylation sites is 1. The highest BCUT2D eigenvalue weighted by molar-refractivity contribution is 6.07. The van der Waals surface area contributed by atoms with Crippen LogP contribution in [0.1, 0.15) is 12.0 Å². The second-order valence-electron chi connectivity index (χ2n) is 8.40. The Bertz CT molecular complexity index is 792. The number of ether oxygens (including phenoxy) is 1. The molecule has 1 amide bonds. The van der Waals surface area contributed by atoms with Crippen LogP contribution in [0.3, 0.4) is 0 Å². The summed E-state index contributed by atoms with van der Waals surface area (Å²) < 4.78 is 6.34. The number of likely N-dealkylation sites (tertiary alicyclic amines) is 1. The van der Waals surface area contributed by atoms with Gasteiger partial charge in [-0.15, -0.1) is 6.58 Å². The van der Waals surface area contributed by atoms with Gasteiger partial charge in [0.15, 0.2) is 0 Å². The first-order valence-corrected chi connectivity index (χ1v) is 9.01. The number of benzene rings is 1. The van der Waals surface area contributed by atoms with Gasteiger partial charge in [0.05, 0.1) is 12.7 Å². The molecule has 0 aromatic heterocycles. The zero-order chi connectivity index (χ0) is 16.3. The minimum atomic E-state index is -0.554. The van der Waals surface area contributed by atoms with Crippen molar-refractivity contribution in [2.24, 2.45) is 23.2 Å².